The quantitative estimate of drug-likeness (QED) is 0.714. The van der Waals surface area contributed by atoms with Gasteiger partial charge in [0.05, 0.1) is 4.90 Å². The minimum Gasteiger partial charge on any atom is -0.481 e. The van der Waals surface area contributed by atoms with Crippen LogP contribution in [0.5, 0.6) is 5.75 Å². The molecule has 2 aromatic carbocycles. The van der Waals surface area contributed by atoms with Crippen molar-refractivity contribution in [2.24, 2.45) is 0 Å². The molecule has 1 saturated carbocycles. The number of hydrogen-bond donors (Lipinski definition) is 2. The topological polar surface area (TPSA) is 84.5 Å². The maximum Gasteiger partial charge on any atom is 0.261 e. The van der Waals surface area contributed by atoms with Crippen LogP contribution >= 0.6 is 0 Å². The van der Waals surface area contributed by atoms with E-state index in [4.69, 9.17) is 4.74 Å². The molecule has 6 nitrogen and oxygen atoms in total. The van der Waals surface area contributed by atoms with Gasteiger partial charge in [-0.05, 0) is 68.7 Å². The number of aryl methyl sites for hydroxylation is 1. The molecule has 156 valence electrons. The molecular weight excluding hydrogens is 388 g/mol. The van der Waals surface area contributed by atoms with Gasteiger partial charge >= 0.3 is 0 Å². The van der Waals surface area contributed by atoms with Crippen molar-refractivity contribution >= 4 is 21.6 Å². The summed E-state index contributed by atoms with van der Waals surface area (Å²) >= 11 is 0. The van der Waals surface area contributed by atoms with Crippen LogP contribution in [-0.4, -0.2) is 26.5 Å². The predicted octanol–water partition coefficient (Wildman–Crippen LogP) is 4.01. The van der Waals surface area contributed by atoms with E-state index < -0.39 is 16.1 Å². The van der Waals surface area contributed by atoms with E-state index in [1.807, 2.05) is 13.0 Å². The Morgan fingerprint density at radius 2 is 1.76 bits per heavy atom. The van der Waals surface area contributed by atoms with Crippen molar-refractivity contribution in [1.29, 1.82) is 0 Å². The fraction of sp³-hybridized carbons (Fsp3) is 0.409. The molecule has 1 aliphatic carbocycles. The molecule has 0 aliphatic heterocycles. The molecule has 29 heavy (non-hydrogen) atoms. The summed E-state index contributed by atoms with van der Waals surface area (Å²) in [6.07, 6.45) is 4.90. The molecule has 0 spiro atoms. The Morgan fingerprint density at radius 1 is 1.07 bits per heavy atom. The Labute approximate surface area is 172 Å². The van der Waals surface area contributed by atoms with Crippen molar-refractivity contribution < 1.29 is 17.9 Å². The van der Waals surface area contributed by atoms with Gasteiger partial charge in [0.15, 0.2) is 6.10 Å². The van der Waals surface area contributed by atoms with Gasteiger partial charge in [-0.15, -0.1) is 0 Å². The number of amides is 1. The van der Waals surface area contributed by atoms with Gasteiger partial charge in [0.1, 0.15) is 5.75 Å². The average molecular weight is 417 g/mol. The smallest absolute Gasteiger partial charge is 0.261 e. The zero-order valence-electron chi connectivity index (χ0n) is 16.9. The highest BCUT2D eigenvalue weighted by atomic mass is 32.2. The van der Waals surface area contributed by atoms with Crippen LogP contribution in [-0.2, 0) is 14.8 Å². The number of rotatable bonds is 7. The van der Waals surface area contributed by atoms with Crippen LogP contribution in [0, 0.1) is 6.92 Å². The number of nitrogens with one attached hydrogen (secondary N) is 2. The Morgan fingerprint density at radius 3 is 2.41 bits per heavy atom. The molecule has 1 aliphatic rings. The average Bonchev–Trinajstić information content (AvgIpc) is 2.69. The predicted molar refractivity (Wildman–Crippen MR) is 114 cm³/mol. The summed E-state index contributed by atoms with van der Waals surface area (Å²) in [7, 11) is -3.70. The largest absolute Gasteiger partial charge is 0.481 e. The maximum atomic E-state index is 12.6. The molecule has 0 bridgehead atoms. The van der Waals surface area contributed by atoms with E-state index in [1.54, 1.807) is 37.3 Å². The molecule has 1 fully saturated rings. The second kappa shape index (κ2) is 9.31. The second-order valence-electron chi connectivity index (χ2n) is 7.55. The highest BCUT2D eigenvalue weighted by Gasteiger charge is 2.21. The van der Waals surface area contributed by atoms with Crippen LogP contribution in [0.25, 0.3) is 0 Å². The lowest BCUT2D eigenvalue weighted by Crippen LogP contribution is -2.43. The van der Waals surface area contributed by atoms with Crippen molar-refractivity contribution in [3.63, 3.8) is 0 Å². The van der Waals surface area contributed by atoms with Crippen LogP contribution in [0.15, 0.2) is 53.4 Å². The first kappa shape index (κ1) is 21.2. The number of ether oxygens (including phenoxy) is 1. The van der Waals surface area contributed by atoms with Crippen LogP contribution in [0.4, 0.5) is 5.69 Å². The number of anilines is 1. The lowest BCUT2D eigenvalue weighted by atomic mass is 9.95. The van der Waals surface area contributed by atoms with E-state index in [1.165, 1.54) is 18.6 Å². The SMILES string of the molecule is Cc1cccc(NS(=O)(=O)c2ccc(O[C@@H](C)C(=O)NC3CCCCC3)cc2)c1. The normalized spacial score (nSPS) is 16.1. The highest BCUT2D eigenvalue weighted by Crippen LogP contribution is 2.21. The summed E-state index contributed by atoms with van der Waals surface area (Å²) in [6.45, 7) is 3.59. The minimum absolute atomic E-state index is 0.130. The molecule has 7 heteroatoms. The van der Waals surface area contributed by atoms with Crippen molar-refractivity contribution in [3.8, 4) is 5.75 Å². The van der Waals surface area contributed by atoms with E-state index in [-0.39, 0.29) is 16.8 Å². The lowest BCUT2D eigenvalue weighted by Gasteiger charge is -2.24. The van der Waals surface area contributed by atoms with Crippen LogP contribution in [0.2, 0.25) is 0 Å². The van der Waals surface area contributed by atoms with Gasteiger partial charge in [-0.2, -0.15) is 0 Å². The van der Waals surface area contributed by atoms with E-state index >= 15 is 0 Å². The summed E-state index contributed by atoms with van der Waals surface area (Å²) in [5.41, 5.74) is 1.48. The molecule has 1 amide bonds. The fourth-order valence-electron chi connectivity index (χ4n) is 3.44. The first-order valence-corrected chi connectivity index (χ1v) is 11.5. The van der Waals surface area contributed by atoms with Crippen LogP contribution < -0.4 is 14.8 Å². The molecule has 2 aromatic rings. The van der Waals surface area contributed by atoms with Crippen molar-refractivity contribution in [1.82, 2.24) is 5.32 Å². The third kappa shape index (κ3) is 5.97. The molecule has 0 heterocycles. The zero-order chi connectivity index (χ0) is 20.9. The molecule has 0 saturated heterocycles. The number of carbonyl (C=O) groups is 1. The van der Waals surface area contributed by atoms with Crippen LogP contribution in [0.1, 0.15) is 44.6 Å². The fourth-order valence-corrected chi connectivity index (χ4v) is 4.49. The van der Waals surface area contributed by atoms with Gasteiger partial charge in [0.25, 0.3) is 15.9 Å². The lowest BCUT2D eigenvalue weighted by molar-refractivity contribution is -0.128. The first-order chi connectivity index (χ1) is 13.8. The van der Waals surface area contributed by atoms with Gasteiger partial charge in [0.2, 0.25) is 0 Å². The number of carbonyl (C=O) groups excluding carboxylic acids is 1. The summed E-state index contributed by atoms with van der Waals surface area (Å²) in [4.78, 5) is 12.5. The number of hydrogen-bond acceptors (Lipinski definition) is 4. The summed E-state index contributed by atoms with van der Waals surface area (Å²) < 4.78 is 33.4. The first-order valence-electron chi connectivity index (χ1n) is 10.00. The maximum absolute atomic E-state index is 12.6. The molecule has 0 unspecified atom stereocenters. The van der Waals surface area contributed by atoms with Crippen molar-refractivity contribution in [3.05, 3.63) is 54.1 Å². The minimum atomic E-state index is -3.70. The van der Waals surface area contributed by atoms with Gasteiger partial charge in [-0.1, -0.05) is 31.4 Å². The Kier molecular flexibility index (Phi) is 6.79. The Bertz CT molecular complexity index is 936. The Balaban J connectivity index is 1.59. The third-order valence-corrected chi connectivity index (χ3v) is 6.44. The van der Waals surface area contributed by atoms with Gasteiger partial charge in [-0.3, -0.25) is 9.52 Å². The monoisotopic (exact) mass is 416 g/mol. The highest BCUT2D eigenvalue weighted by molar-refractivity contribution is 7.92. The van der Waals surface area contributed by atoms with E-state index in [0.29, 0.717) is 11.4 Å². The van der Waals surface area contributed by atoms with E-state index in [0.717, 1.165) is 31.2 Å². The van der Waals surface area contributed by atoms with Gasteiger partial charge in [-0.25, -0.2) is 8.42 Å². The molecule has 0 aromatic heterocycles. The van der Waals surface area contributed by atoms with Gasteiger partial charge in [0, 0.05) is 11.7 Å². The molecule has 0 radical (unpaired) electrons. The molecule has 3 rings (SSSR count). The number of benzene rings is 2. The summed E-state index contributed by atoms with van der Waals surface area (Å²) in [6, 6.07) is 13.5. The Hall–Kier alpha value is -2.54. The molecule has 1 atom stereocenters. The number of sulfonamides is 1. The molecular formula is C22H28N2O4S. The second-order valence-corrected chi connectivity index (χ2v) is 9.23. The van der Waals surface area contributed by atoms with Crippen molar-refractivity contribution in [2.45, 2.75) is 63.0 Å². The van der Waals surface area contributed by atoms with Crippen molar-refractivity contribution in [2.75, 3.05) is 4.72 Å². The van der Waals surface area contributed by atoms with Crippen LogP contribution in [0.3, 0.4) is 0 Å². The zero-order valence-corrected chi connectivity index (χ0v) is 17.7. The summed E-state index contributed by atoms with van der Waals surface area (Å²) in [5.74, 6) is 0.306. The molecule has 2 N–H and O–H groups in total. The standard InChI is InChI=1S/C22H28N2O4S/c1-16-7-6-10-19(15-16)24-29(26,27)21-13-11-20(12-14-21)28-17(2)22(25)23-18-8-4-3-5-9-18/h6-7,10-15,17-18,24H,3-5,8-9H2,1-2H3,(H,23,25)/t17-/m0/s1. The van der Waals surface area contributed by atoms with E-state index in [9.17, 15) is 13.2 Å². The van der Waals surface area contributed by atoms with E-state index in [2.05, 4.69) is 10.0 Å². The third-order valence-electron chi connectivity index (χ3n) is 5.04. The van der Waals surface area contributed by atoms with Gasteiger partial charge < -0.3 is 10.1 Å². The summed E-state index contributed by atoms with van der Waals surface area (Å²) in [5, 5.41) is 3.04.